The van der Waals surface area contributed by atoms with Gasteiger partial charge in [0.2, 0.25) is 0 Å². The van der Waals surface area contributed by atoms with Gasteiger partial charge in [-0.3, -0.25) is 0 Å². The number of hydrogen-bond donors (Lipinski definition) is 2. The van der Waals surface area contributed by atoms with Gasteiger partial charge in [-0.05, 0) is 46.2 Å². The quantitative estimate of drug-likeness (QED) is 0.823. The van der Waals surface area contributed by atoms with E-state index in [-0.39, 0.29) is 16.5 Å². The van der Waals surface area contributed by atoms with Crippen LogP contribution in [0, 0.1) is 3.57 Å². The van der Waals surface area contributed by atoms with Gasteiger partial charge in [-0.2, -0.15) is 0 Å². The van der Waals surface area contributed by atoms with Gasteiger partial charge in [0.1, 0.15) is 0 Å². The molecule has 86 valence electrons. The molecule has 2 aromatic rings. The first-order valence-electron chi connectivity index (χ1n) is 4.69. The monoisotopic (exact) mass is 342 g/mol. The van der Waals surface area contributed by atoms with Gasteiger partial charge < -0.3 is 10.2 Å². The summed E-state index contributed by atoms with van der Waals surface area (Å²) in [5.41, 5.74) is 0.0289. The van der Waals surface area contributed by atoms with E-state index in [1.807, 2.05) is 22.6 Å². The van der Waals surface area contributed by atoms with Gasteiger partial charge in [-0.25, -0.2) is 9.59 Å². The summed E-state index contributed by atoms with van der Waals surface area (Å²) in [6.07, 6.45) is 0. The Labute approximate surface area is 110 Å². The Morgan fingerprint density at radius 2 is 1.65 bits per heavy atom. The molecule has 0 bridgehead atoms. The third-order valence-electron chi connectivity index (χ3n) is 2.40. The molecule has 0 saturated heterocycles. The molecule has 4 nitrogen and oxygen atoms in total. The molecule has 0 fully saturated rings. The van der Waals surface area contributed by atoms with Crippen molar-refractivity contribution in [2.45, 2.75) is 0 Å². The summed E-state index contributed by atoms with van der Waals surface area (Å²) in [5.74, 6) is -2.25. The van der Waals surface area contributed by atoms with E-state index in [1.165, 1.54) is 12.1 Å². The molecular formula is C12H7IO4. The molecule has 0 heterocycles. The number of aromatic carboxylic acids is 2. The van der Waals surface area contributed by atoms with E-state index in [4.69, 9.17) is 10.2 Å². The van der Waals surface area contributed by atoms with Crippen LogP contribution in [0.5, 0.6) is 0 Å². The Morgan fingerprint density at radius 1 is 1.00 bits per heavy atom. The molecule has 2 aromatic carbocycles. The van der Waals surface area contributed by atoms with Crippen LogP contribution in [0.1, 0.15) is 20.7 Å². The zero-order valence-corrected chi connectivity index (χ0v) is 10.6. The highest BCUT2D eigenvalue weighted by atomic mass is 127. The van der Waals surface area contributed by atoms with E-state index in [1.54, 1.807) is 18.2 Å². The molecule has 0 spiro atoms. The number of carbonyl (C=O) groups is 2. The summed E-state index contributed by atoms with van der Waals surface area (Å²) in [7, 11) is 0. The lowest BCUT2D eigenvalue weighted by Crippen LogP contribution is -2.04. The van der Waals surface area contributed by atoms with Crippen LogP contribution in [0.3, 0.4) is 0 Å². The summed E-state index contributed by atoms with van der Waals surface area (Å²) < 4.78 is 0.759. The van der Waals surface area contributed by atoms with Crippen LogP contribution < -0.4 is 0 Å². The molecule has 0 unspecified atom stereocenters. The highest BCUT2D eigenvalue weighted by Gasteiger charge is 2.16. The van der Waals surface area contributed by atoms with Crippen molar-refractivity contribution in [2.75, 3.05) is 0 Å². The first kappa shape index (κ1) is 11.8. The molecule has 0 saturated carbocycles. The van der Waals surface area contributed by atoms with Crippen LogP contribution >= 0.6 is 22.6 Å². The largest absolute Gasteiger partial charge is 0.478 e. The summed E-state index contributed by atoms with van der Waals surface area (Å²) in [4.78, 5) is 22.2. The van der Waals surface area contributed by atoms with Gasteiger partial charge in [-0.1, -0.05) is 12.1 Å². The van der Waals surface area contributed by atoms with Crippen LogP contribution in [-0.2, 0) is 0 Å². The average Bonchev–Trinajstić information content (AvgIpc) is 2.26. The van der Waals surface area contributed by atoms with Crippen molar-refractivity contribution in [3.05, 3.63) is 45.0 Å². The predicted molar refractivity (Wildman–Crippen MR) is 70.6 cm³/mol. The molecule has 0 aliphatic carbocycles. The Bertz CT molecular complexity index is 634. The Balaban J connectivity index is 2.96. The van der Waals surface area contributed by atoms with Gasteiger partial charge >= 0.3 is 11.9 Å². The molecular weight excluding hydrogens is 335 g/mol. The number of rotatable bonds is 2. The van der Waals surface area contributed by atoms with E-state index in [9.17, 15) is 9.59 Å². The number of fused-ring (bicyclic) bond motifs is 1. The van der Waals surface area contributed by atoms with E-state index < -0.39 is 11.9 Å². The molecule has 2 rings (SSSR count). The summed E-state index contributed by atoms with van der Waals surface area (Å²) in [6.45, 7) is 0. The molecule has 5 heteroatoms. The summed E-state index contributed by atoms with van der Waals surface area (Å²) in [6, 6.07) is 7.94. The number of benzene rings is 2. The number of carboxylic acid groups (broad SMARTS) is 2. The third-order valence-corrected chi connectivity index (χ3v) is 3.03. The van der Waals surface area contributed by atoms with E-state index in [0.717, 1.165) is 3.57 Å². The molecule has 2 N–H and O–H groups in total. The van der Waals surface area contributed by atoms with E-state index in [0.29, 0.717) is 5.39 Å². The van der Waals surface area contributed by atoms with Gasteiger partial charge in [0, 0.05) is 8.96 Å². The second kappa shape index (κ2) is 4.33. The summed E-state index contributed by atoms with van der Waals surface area (Å²) in [5, 5.41) is 19.1. The normalized spacial score (nSPS) is 10.4. The fraction of sp³-hybridized carbons (Fsp3) is 0. The van der Waals surface area contributed by atoms with Gasteiger partial charge in [0.05, 0.1) is 11.1 Å². The standard InChI is InChI=1S/C12H7IO4/c13-7-4-6-2-1-3-8(11(14)15)10(6)9(5-7)12(16)17/h1-5H,(H,14,15)(H,16,17). The van der Waals surface area contributed by atoms with Crippen molar-refractivity contribution >= 4 is 45.3 Å². The maximum atomic E-state index is 11.1. The molecule has 0 aliphatic heterocycles. The zero-order chi connectivity index (χ0) is 12.6. The van der Waals surface area contributed by atoms with Crippen molar-refractivity contribution < 1.29 is 19.8 Å². The van der Waals surface area contributed by atoms with Crippen LogP contribution in [0.25, 0.3) is 10.8 Å². The van der Waals surface area contributed by atoms with E-state index in [2.05, 4.69) is 0 Å². The topological polar surface area (TPSA) is 74.6 Å². The minimum absolute atomic E-state index is 0.0105. The molecule has 0 aromatic heterocycles. The number of carboxylic acids is 2. The molecule has 0 atom stereocenters. The fourth-order valence-corrected chi connectivity index (χ4v) is 2.39. The maximum Gasteiger partial charge on any atom is 0.336 e. The highest BCUT2D eigenvalue weighted by Crippen LogP contribution is 2.26. The SMILES string of the molecule is O=C(O)c1cccc2cc(I)cc(C(=O)O)c12. The molecule has 0 aliphatic rings. The molecule has 17 heavy (non-hydrogen) atoms. The van der Waals surface area contributed by atoms with Crippen molar-refractivity contribution in [1.82, 2.24) is 0 Å². The van der Waals surface area contributed by atoms with Gasteiger partial charge in [-0.15, -0.1) is 0 Å². The Morgan fingerprint density at radius 3 is 2.24 bits per heavy atom. The van der Waals surface area contributed by atoms with Gasteiger partial charge in [0.15, 0.2) is 0 Å². The predicted octanol–water partition coefficient (Wildman–Crippen LogP) is 2.84. The Kier molecular flexibility index (Phi) is 3.01. The maximum absolute atomic E-state index is 11.1. The fourth-order valence-electron chi connectivity index (χ4n) is 1.74. The molecule has 0 amide bonds. The van der Waals surface area contributed by atoms with Gasteiger partial charge in [0.25, 0.3) is 0 Å². The molecule has 0 radical (unpaired) electrons. The zero-order valence-electron chi connectivity index (χ0n) is 8.48. The second-order valence-electron chi connectivity index (χ2n) is 3.47. The second-order valence-corrected chi connectivity index (χ2v) is 4.71. The lowest BCUT2D eigenvalue weighted by atomic mass is 9.99. The lowest BCUT2D eigenvalue weighted by molar-refractivity contribution is 0.0695. The van der Waals surface area contributed by atoms with Crippen LogP contribution in [-0.4, -0.2) is 22.2 Å². The van der Waals surface area contributed by atoms with E-state index >= 15 is 0 Å². The average molecular weight is 342 g/mol. The highest BCUT2D eigenvalue weighted by molar-refractivity contribution is 14.1. The van der Waals surface area contributed by atoms with Crippen LogP contribution in [0.4, 0.5) is 0 Å². The number of hydrogen-bond acceptors (Lipinski definition) is 2. The minimum atomic E-state index is -1.13. The first-order valence-corrected chi connectivity index (χ1v) is 5.77. The first-order chi connectivity index (χ1) is 8.00. The van der Waals surface area contributed by atoms with Crippen molar-refractivity contribution in [3.8, 4) is 0 Å². The third kappa shape index (κ3) is 2.10. The number of halogens is 1. The minimum Gasteiger partial charge on any atom is -0.478 e. The summed E-state index contributed by atoms with van der Waals surface area (Å²) >= 11 is 2.01. The van der Waals surface area contributed by atoms with Crippen LogP contribution in [0.15, 0.2) is 30.3 Å². The van der Waals surface area contributed by atoms with Crippen molar-refractivity contribution in [1.29, 1.82) is 0 Å². The lowest BCUT2D eigenvalue weighted by Gasteiger charge is -2.07. The smallest absolute Gasteiger partial charge is 0.336 e. The van der Waals surface area contributed by atoms with Crippen molar-refractivity contribution in [2.24, 2.45) is 0 Å². The van der Waals surface area contributed by atoms with Crippen LogP contribution in [0.2, 0.25) is 0 Å². The van der Waals surface area contributed by atoms with Crippen molar-refractivity contribution in [3.63, 3.8) is 0 Å². The Hall–Kier alpha value is -1.63.